The first-order valence-corrected chi connectivity index (χ1v) is 7.27. The number of halogens is 2. The van der Waals surface area contributed by atoms with Crippen molar-refractivity contribution >= 4 is 11.8 Å². The van der Waals surface area contributed by atoms with Crippen molar-refractivity contribution in [2.24, 2.45) is 5.92 Å². The van der Waals surface area contributed by atoms with Crippen LogP contribution in [0.4, 0.5) is 8.78 Å². The Labute approximate surface area is 128 Å². The molecule has 6 heteroatoms. The molecule has 1 aromatic carbocycles. The van der Waals surface area contributed by atoms with Gasteiger partial charge < -0.3 is 9.80 Å². The zero-order chi connectivity index (χ0) is 16.4. The van der Waals surface area contributed by atoms with E-state index in [1.54, 1.807) is 25.9 Å². The topological polar surface area (TPSA) is 40.6 Å². The number of amides is 2. The third kappa shape index (κ3) is 3.26. The molecular formula is C16H20F2N2O2. The Kier molecular flexibility index (Phi) is 4.78. The summed E-state index contributed by atoms with van der Waals surface area (Å²) >= 11 is 0. The Balaban J connectivity index is 2.13. The SMILES string of the molecule is C[C@@H](c1cc(F)ccc1F)N(C)C(=O)[C@H]1CCN(C)C(=O)C1. The van der Waals surface area contributed by atoms with Crippen LogP contribution in [0.3, 0.4) is 0 Å². The van der Waals surface area contributed by atoms with Gasteiger partial charge in [-0.3, -0.25) is 9.59 Å². The van der Waals surface area contributed by atoms with E-state index in [1.165, 1.54) is 4.90 Å². The first kappa shape index (κ1) is 16.4. The molecule has 1 heterocycles. The Bertz CT molecular complexity index is 592. The molecule has 0 N–H and O–H groups in total. The minimum Gasteiger partial charge on any atom is -0.346 e. The van der Waals surface area contributed by atoms with E-state index in [9.17, 15) is 18.4 Å². The van der Waals surface area contributed by atoms with Crippen molar-refractivity contribution in [1.82, 2.24) is 9.80 Å². The van der Waals surface area contributed by atoms with Crippen LogP contribution in [0.1, 0.15) is 31.4 Å². The highest BCUT2D eigenvalue weighted by Crippen LogP contribution is 2.27. The molecule has 4 nitrogen and oxygen atoms in total. The number of benzene rings is 1. The van der Waals surface area contributed by atoms with Crippen LogP contribution in [-0.4, -0.2) is 42.3 Å². The molecule has 0 aliphatic carbocycles. The average Bonchev–Trinajstić information content (AvgIpc) is 2.50. The highest BCUT2D eigenvalue weighted by molar-refractivity contribution is 5.87. The lowest BCUT2D eigenvalue weighted by molar-refractivity contribution is -0.144. The molecule has 1 aliphatic rings. The van der Waals surface area contributed by atoms with Crippen LogP contribution in [0.5, 0.6) is 0 Å². The predicted molar refractivity (Wildman–Crippen MR) is 77.9 cm³/mol. The van der Waals surface area contributed by atoms with Crippen LogP contribution < -0.4 is 0 Å². The van der Waals surface area contributed by atoms with Gasteiger partial charge in [0.1, 0.15) is 11.6 Å². The summed E-state index contributed by atoms with van der Waals surface area (Å²) in [5.74, 6) is -1.76. The maximum Gasteiger partial charge on any atom is 0.226 e. The Morgan fingerprint density at radius 2 is 2.09 bits per heavy atom. The second kappa shape index (κ2) is 6.42. The number of carbonyl (C=O) groups excluding carboxylic acids is 2. The van der Waals surface area contributed by atoms with Gasteiger partial charge in [0.25, 0.3) is 0 Å². The first-order valence-electron chi connectivity index (χ1n) is 7.27. The molecule has 1 fully saturated rings. The summed E-state index contributed by atoms with van der Waals surface area (Å²) in [7, 11) is 3.26. The molecule has 1 aromatic rings. The zero-order valence-corrected chi connectivity index (χ0v) is 13.0. The van der Waals surface area contributed by atoms with Gasteiger partial charge in [-0.15, -0.1) is 0 Å². The van der Waals surface area contributed by atoms with E-state index < -0.39 is 23.6 Å². The molecule has 120 valence electrons. The highest BCUT2D eigenvalue weighted by Gasteiger charge is 2.32. The first-order chi connectivity index (χ1) is 10.3. The second-order valence-electron chi connectivity index (χ2n) is 5.80. The summed E-state index contributed by atoms with van der Waals surface area (Å²) in [6.45, 7) is 2.18. The summed E-state index contributed by atoms with van der Waals surface area (Å²) in [6.07, 6.45) is 0.752. The van der Waals surface area contributed by atoms with E-state index in [-0.39, 0.29) is 23.8 Å². The molecule has 1 aliphatic heterocycles. The van der Waals surface area contributed by atoms with Crippen LogP contribution in [0.25, 0.3) is 0 Å². The number of piperidine rings is 1. The zero-order valence-electron chi connectivity index (χ0n) is 13.0. The third-order valence-electron chi connectivity index (χ3n) is 4.35. The summed E-state index contributed by atoms with van der Waals surface area (Å²) in [6, 6.07) is 2.60. The molecule has 0 unspecified atom stereocenters. The van der Waals surface area contributed by atoms with Gasteiger partial charge in [0, 0.05) is 38.5 Å². The molecule has 0 saturated carbocycles. The molecule has 2 atom stereocenters. The maximum absolute atomic E-state index is 13.8. The monoisotopic (exact) mass is 310 g/mol. The number of carbonyl (C=O) groups is 2. The smallest absolute Gasteiger partial charge is 0.226 e. The van der Waals surface area contributed by atoms with Crippen molar-refractivity contribution in [3.05, 3.63) is 35.4 Å². The highest BCUT2D eigenvalue weighted by atomic mass is 19.1. The van der Waals surface area contributed by atoms with Crippen LogP contribution >= 0.6 is 0 Å². The predicted octanol–water partition coefficient (Wildman–Crippen LogP) is 2.35. The molecule has 0 radical (unpaired) electrons. The van der Waals surface area contributed by atoms with E-state index in [2.05, 4.69) is 0 Å². The van der Waals surface area contributed by atoms with Gasteiger partial charge in [-0.05, 0) is 31.5 Å². The molecular weight excluding hydrogens is 290 g/mol. The quantitative estimate of drug-likeness (QED) is 0.860. The third-order valence-corrected chi connectivity index (χ3v) is 4.35. The van der Waals surface area contributed by atoms with Crippen LogP contribution in [-0.2, 0) is 9.59 Å². The lowest BCUT2D eigenvalue weighted by Crippen LogP contribution is -2.43. The van der Waals surface area contributed by atoms with E-state index in [4.69, 9.17) is 0 Å². The molecule has 0 aromatic heterocycles. The van der Waals surface area contributed by atoms with Crippen LogP contribution in [0.2, 0.25) is 0 Å². The lowest BCUT2D eigenvalue weighted by atomic mass is 9.94. The van der Waals surface area contributed by atoms with Gasteiger partial charge >= 0.3 is 0 Å². The van der Waals surface area contributed by atoms with E-state index >= 15 is 0 Å². The number of hydrogen-bond donors (Lipinski definition) is 0. The Morgan fingerprint density at radius 3 is 2.73 bits per heavy atom. The fourth-order valence-corrected chi connectivity index (χ4v) is 2.68. The minimum atomic E-state index is -0.599. The standard InChI is InChI=1S/C16H20F2N2O2/c1-10(13-9-12(17)4-5-14(13)18)20(3)16(22)11-6-7-19(2)15(21)8-11/h4-5,9-11H,6-8H2,1-3H3/t10-,11-/m0/s1. The Morgan fingerprint density at radius 1 is 1.41 bits per heavy atom. The van der Waals surface area contributed by atoms with Crippen molar-refractivity contribution in [3.8, 4) is 0 Å². The van der Waals surface area contributed by atoms with Crippen molar-refractivity contribution < 1.29 is 18.4 Å². The number of likely N-dealkylation sites (tertiary alicyclic amines) is 1. The number of rotatable bonds is 3. The lowest BCUT2D eigenvalue weighted by Gasteiger charge is -2.33. The van der Waals surface area contributed by atoms with Gasteiger partial charge in [0.15, 0.2) is 0 Å². The molecule has 0 bridgehead atoms. The van der Waals surface area contributed by atoms with Gasteiger partial charge in [0.2, 0.25) is 11.8 Å². The van der Waals surface area contributed by atoms with Gasteiger partial charge in [-0.25, -0.2) is 8.78 Å². The van der Waals surface area contributed by atoms with Crippen molar-refractivity contribution in [2.45, 2.75) is 25.8 Å². The van der Waals surface area contributed by atoms with E-state index in [1.807, 2.05) is 0 Å². The van der Waals surface area contributed by atoms with Crippen molar-refractivity contribution in [2.75, 3.05) is 20.6 Å². The average molecular weight is 310 g/mol. The molecule has 1 saturated heterocycles. The summed E-state index contributed by atoms with van der Waals surface area (Å²) in [5, 5.41) is 0. The van der Waals surface area contributed by atoms with Gasteiger partial charge in [-0.2, -0.15) is 0 Å². The fourth-order valence-electron chi connectivity index (χ4n) is 2.68. The van der Waals surface area contributed by atoms with Crippen molar-refractivity contribution in [3.63, 3.8) is 0 Å². The van der Waals surface area contributed by atoms with E-state index in [0.29, 0.717) is 13.0 Å². The summed E-state index contributed by atoms with van der Waals surface area (Å²) in [5.41, 5.74) is 0.134. The number of nitrogens with zero attached hydrogens (tertiary/aromatic N) is 2. The summed E-state index contributed by atoms with van der Waals surface area (Å²) < 4.78 is 27.1. The fraction of sp³-hybridized carbons (Fsp3) is 0.500. The largest absolute Gasteiger partial charge is 0.346 e. The van der Waals surface area contributed by atoms with Gasteiger partial charge in [0.05, 0.1) is 6.04 Å². The normalized spacial score (nSPS) is 20.0. The number of hydrogen-bond acceptors (Lipinski definition) is 2. The summed E-state index contributed by atoms with van der Waals surface area (Å²) in [4.78, 5) is 27.2. The Hall–Kier alpha value is -1.98. The molecule has 2 amide bonds. The van der Waals surface area contributed by atoms with Gasteiger partial charge in [-0.1, -0.05) is 0 Å². The molecule has 22 heavy (non-hydrogen) atoms. The van der Waals surface area contributed by atoms with Crippen LogP contribution in [0, 0.1) is 17.6 Å². The van der Waals surface area contributed by atoms with Crippen LogP contribution in [0.15, 0.2) is 18.2 Å². The minimum absolute atomic E-state index is 0.0670. The van der Waals surface area contributed by atoms with Crippen molar-refractivity contribution in [1.29, 1.82) is 0 Å². The molecule has 2 rings (SSSR count). The molecule has 0 spiro atoms. The second-order valence-corrected chi connectivity index (χ2v) is 5.80. The van der Waals surface area contributed by atoms with E-state index in [0.717, 1.165) is 18.2 Å². The maximum atomic E-state index is 13.8.